The van der Waals surface area contributed by atoms with Crippen molar-refractivity contribution < 1.29 is 4.39 Å². The Hall–Kier alpha value is -0.580. The van der Waals surface area contributed by atoms with Gasteiger partial charge >= 0.3 is 0 Å². The predicted molar refractivity (Wildman–Crippen MR) is 90.4 cm³/mol. The molecule has 1 heterocycles. The van der Waals surface area contributed by atoms with Gasteiger partial charge in [-0.2, -0.15) is 11.8 Å². The molecule has 1 aromatic carbocycles. The van der Waals surface area contributed by atoms with Crippen molar-refractivity contribution in [3.05, 3.63) is 35.6 Å². The number of hydrogen-bond donors (Lipinski definition) is 1. The van der Waals surface area contributed by atoms with Gasteiger partial charge in [0.05, 0.1) is 0 Å². The van der Waals surface area contributed by atoms with E-state index in [2.05, 4.69) is 28.9 Å². The van der Waals surface area contributed by atoms with Gasteiger partial charge in [0.1, 0.15) is 5.82 Å². The molecule has 1 atom stereocenters. The fourth-order valence-corrected chi connectivity index (χ4v) is 3.69. The fourth-order valence-electron chi connectivity index (χ4n) is 2.76. The van der Waals surface area contributed by atoms with E-state index < -0.39 is 0 Å². The van der Waals surface area contributed by atoms with Crippen LogP contribution >= 0.6 is 11.8 Å². The lowest BCUT2D eigenvalue weighted by molar-refractivity contribution is 0.275. The van der Waals surface area contributed by atoms with Crippen LogP contribution in [0.3, 0.4) is 0 Å². The molecule has 2 rings (SSSR count). The average Bonchev–Trinajstić information content (AvgIpc) is 2.76. The normalized spacial score (nSPS) is 18.4. The first-order valence-electron chi connectivity index (χ1n) is 8.08. The molecule has 0 aliphatic carbocycles. The minimum atomic E-state index is -0.137. The van der Waals surface area contributed by atoms with Crippen LogP contribution in [0.15, 0.2) is 24.3 Å². The van der Waals surface area contributed by atoms with E-state index in [0.29, 0.717) is 0 Å². The van der Waals surface area contributed by atoms with Gasteiger partial charge < -0.3 is 10.2 Å². The first-order chi connectivity index (χ1) is 10.3. The van der Waals surface area contributed by atoms with Crippen LogP contribution in [0.1, 0.15) is 37.8 Å². The van der Waals surface area contributed by atoms with Crippen molar-refractivity contribution in [1.29, 1.82) is 0 Å². The highest BCUT2D eigenvalue weighted by Crippen LogP contribution is 2.19. The zero-order valence-corrected chi connectivity index (χ0v) is 13.8. The maximum atomic E-state index is 13.5. The van der Waals surface area contributed by atoms with E-state index in [0.717, 1.165) is 31.5 Å². The Balaban J connectivity index is 1.92. The minimum Gasteiger partial charge on any atom is -0.310 e. The summed E-state index contributed by atoms with van der Waals surface area (Å²) < 4.78 is 13.5. The molecule has 21 heavy (non-hydrogen) atoms. The molecule has 1 saturated heterocycles. The molecule has 1 N–H and O–H groups in total. The van der Waals surface area contributed by atoms with Crippen molar-refractivity contribution in [3.63, 3.8) is 0 Å². The highest BCUT2D eigenvalue weighted by Gasteiger charge is 2.15. The van der Waals surface area contributed by atoms with Crippen molar-refractivity contribution in [2.24, 2.45) is 0 Å². The predicted octanol–water partition coefficient (Wildman–Crippen LogP) is 3.70. The molecule has 4 heteroatoms. The number of benzene rings is 1. The quantitative estimate of drug-likeness (QED) is 0.827. The molecule has 1 aromatic rings. The maximum Gasteiger partial charge on any atom is 0.123 e. The lowest BCUT2D eigenvalue weighted by Gasteiger charge is -2.24. The molecule has 0 spiro atoms. The molecule has 118 valence electrons. The van der Waals surface area contributed by atoms with Gasteiger partial charge in [-0.25, -0.2) is 4.39 Å². The van der Waals surface area contributed by atoms with Crippen molar-refractivity contribution >= 4 is 11.8 Å². The van der Waals surface area contributed by atoms with Gasteiger partial charge in [-0.1, -0.05) is 19.1 Å². The second-order valence-electron chi connectivity index (χ2n) is 5.66. The van der Waals surface area contributed by atoms with Crippen LogP contribution < -0.4 is 5.32 Å². The summed E-state index contributed by atoms with van der Waals surface area (Å²) in [7, 11) is 0. The van der Waals surface area contributed by atoms with Crippen LogP contribution in [-0.2, 0) is 0 Å². The van der Waals surface area contributed by atoms with E-state index in [1.165, 1.54) is 37.1 Å². The number of hydrogen-bond acceptors (Lipinski definition) is 3. The summed E-state index contributed by atoms with van der Waals surface area (Å²) >= 11 is 2.06. The SMILES string of the molecule is CCCNC(CCN1CCCSCC1)c1cccc(F)c1. The van der Waals surface area contributed by atoms with Crippen LogP contribution in [0, 0.1) is 5.82 Å². The summed E-state index contributed by atoms with van der Waals surface area (Å²) in [6.45, 7) is 6.64. The third-order valence-electron chi connectivity index (χ3n) is 3.94. The molecule has 1 aliphatic rings. The van der Waals surface area contributed by atoms with Gasteiger partial charge in [-0.15, -0.1) is 0 Å². The lowest BCUT2D eigenvalue weighted by Crippen LogP contribution is -2.31. The van der Waals surface area contributed by atoms with E-state index in [4.69, 9.17) is 0 Å². The summed E-state index contributed by atoms with van der Waals surface area (Å²) in [5.74, 6) is 2.40. The van der Waals surface area contributed by atoms with Crippen molar-refractivity contribution in [1.82, 2.24) is 10.2 Å². The van der Waals surface area contributed by atoms with Crippen molar-refractivity contribution in [2.45, 2.75) is 32.2 Å². The molecule has 2 nitrogen and oxygen atoms in total. The third kappa shape index (κ3) is 5.97. The maximum absolute atomic E-state index is 13.5. The summed E-state index contributed by atoms with van der Waals surface area (Å²) in [4.78, 5) is 2.56. The second kappa shape index (κ2) is 9.44. The van der Waals surface area contributed by atoms with E-state index in [1.54, 1.807) is 6.07 Å². The molecular weight excluding hydrogens is 283 g/mol. The Morgan fingerprint density at radius 3 is 3.05 bits per heavy atom. The summed E-state index contributed by atoms with van der Waals surface area (Å²) in [6, 6.07) is 7.30. The standard InChI is InChI=1S/C17H27FN2S/c1-2-8-19-17(15-5-3-6-16(18)14-15)7-10-20-9-4-12-21-13-11-20/h3,5-6,14,17,19H,2,4,7-13H2,1H3. The molecule has 0 bridgehead atoms. The van der Waals surface area contributed by atoms with Crippen molar-refractivity contribution in [2.75, 3.05) is 37.7 Å². The minimum absolute atomic E-state index is 0.137. The largest absolute Gasteiger partial charge is 0.310 e. The van der Waals surface area contributed by atoms with Crippen LogP contribution in [0.2, 0.25) is 0 Å². The van der Waals surface area contributed by atoms with Crippen LogP contribution in [0.5, 0.6) is 0 Å². The number of halogens is 1. The van der Waals surface area contributed by atoms with Crippen LogP contribution in [0.25, 0.3) is 0 Å². The van der Waals surface area contributed by atoms with E-state index in [1.807, 2.05) is 12.1 Å². The Bertz CT molecular complexity index is 406. The van der Waals surface area contributed by atoms with Gasteiger partial charge in [0.2, 0.25) is 0 Å². The molecular formula is C17H27FN2S. The lowest BCUT2D eigenvalue weighted by atomic mass is 10.0. The zero-order chi connectivity index (χ0) is 14.9. The Kier molecular flexibility index (Phi) is 7.54. The van der Waals surface area contributed by atoms with E-state index >= 15 is 0 Å². The van der Waals surface area contributed by atoms with Crippen LogP contribution in [0.4, 0.5) is 4.39 Å². The van der Waals surface area contributed by atoms with Crippen molar-refractivity contribution in [3.8, 4) is 0 Å². The van der Waals surface area contributed by atoms with Gasteiger partial charge in [-0.3, -0.25) is 0 Å². The molecule has 0 amide bonds. The van der Waals surface area contributed by atoms with Gasteiger partial charge in [0.25, 0.3) is 0 Å². The smallest absolute Gasteiger partial charge is 0.123 e. The first-order valence-corrected chi connectivity index (χ1v) is 9.24. The summed E-state index contributed by atoms with van der Waals surface area (Å²) in [6.07, 6.45) is 3.44. The molecule has 0 aromatic heterocycles. The highest BCUT2D eigenvalue weighted by molar-refractivity contribution is 7.99. The Morgan fingerprint density at radius 1 is 1.33 bits per heavy atom. The number of thioether (sulfide) groups is 1. The zero-order valence-electron chi connectivity index (χ0n) is 13.0. The molecule has 1 unspecified atom stereocenters. The second-order valence-corrected chi connectivity index (χ2v) is 6.88. The highest BCUT2D eigenvalue weighted by atomic mass is 32.2. The van der Waals surface area contributed by atoms with Crippen LogP contribution in [-0.4, -0.2) is 42.6 Å². The number of nitrogens with zero attached hydrogens (tertiary/aromatic N) is 1. The molecule has 1 aliphatic heterocycles. The Morgan fingerprint density at radius 2 is 2.24 bits per heavy atom. The summed E-state index contributed by atoms with van der Waals surface area (Å²) in [5.41, 5.74) is 1.08. The van der Waals surface area contributed by atoms with Gasteiger partial charge in [-0.05, 0) is 62.3 Å². The third-order valence-corrected chi connectivity index (χ3v) is 4.99. The summed E-state index contributed by atoms with van der Waals surface area (Å²) in [5, 5.41) is 3.57. The van der Waals surface area contributed by atoms with Gasteiger partial charge in [0, 0.05) is 18.3 Å². The topological polar surface area (TPSA) is 15.3 Å². The first kappa shape index (κ1) is 16.8. The van der Waals surface area contributed by atoms with Gasteiger partial charge in [0.15, 0.2) is 0 Å². The number of rotatable bonds is 7. The average molecular weight is 310 g/mol. The number of nitrogens with one attached hydrogen (secondary N) is 1. The molecule has 1 fully saturated rings. The fraction of sp³-hybridized carbons (Fsp3) is 0.647. The van der Waals surface area contributed by atoms with E-state index in [9.17, 15) is 4.39 Å². The molecule has 0 radical (unpaired) electrons. The monoisotopic (exact) mass is 310 g/mol. The Labute approximate surface area is 132 Å². The van der Waals surface area contributed by atoms with E-state index in [-0.39, 0.29) is 11.9 Å². The molecule has 0 saturated carbocycles.